The molecule has 0 aliphatic carbocycles. The van der Waals surface area contributed by atoms with Crippen molar-refractivity contribution in [2.45, 2.75) is 13.8 Å². The second kappa shape index (κ2) is 6.29. The van der Waals surface area contributed by atoms with Gasteiger partial charge in [-0.1, -0.05) is 23.8 Å². The quantitative estimate of drug-likeness (QED) is 0.760. The molecule has 0 saturated carbocycles. The van der Waals surface area contributed by atoms with E-state index in [1.807, 2.05) is 31.4 Å². The highest BCUT2D eigenvalue weighted by Crippen LogP contribution is 2.28. The minimum absolute atomic E-state index is 0.00654. The molecular weight excluding hydrogens is 326 g/mol. The summed E-state index contributed by atoms with van der Waals surface area (Å²) in [5, 5.41) is 4.98. The smallest absolute Gasteiger partial charge is 0.293 e. The number of thiazole rings is 1. The third kappa shape index (κ3) is 3.21. The number of carbonyl (C=O) groups is 2. The Bertz CT molecular complexity index is 927. The number of nitrogens with zero attached hydrogens (tertiary/aromatic N) is 1. The highest BCUT2D eigenvalue weighted by Gasteiger charge is 2.16. The third-order valence-electron chi connectivity index (χ3n) is 3.46. The fourth-order valence-corrected chi connectivity index (χ4v) is 3.01. The molecule has 0 aliphatic rings. The van der Waals surface area contributed by atoms with Crippen LogP contribution in [-0.4, -0.2) is 16.8 Å². The molecule has 7 heteroatoms. The maximum Gasteiger partial charge on any atom is 0.293 e. The first-order chi connectivity index (χ1) is 11.4. The molecule has 0 bridgehead atoms. The molecule has 2 aromatic heterocycles. The maximum absolute atomic E-state index is 12.1. The van der Waals surface area contributed by atoms with E-state index in [9.17, 15) is 9.59 Å². The maximum atomic E-state index is 12.1. The van der Waals surface area contributed by atoms with E-state index in [1.165, 1.54) is 29.0 Å². The van der Waals surface area contributed by atoms with Crippen molar-refractivity contribution in [3.05, 3.63) is 58.4 Å². The molecule has 3 N–H and O–H groups in total. The first kappa shape index (κ1) is 15.9. The number of carbonyl (C=O) groups excluding carboxylic acids is 2. The SMILES string of the molecule is Cc1ccc(-c2csc(NC(=O)c3ccc(C(N)=O)o3)n2)c(C)c1. The summed E-state index contributed by atoms with van der Waals surface area (Å²) < 4.78 is 5.09. The van der Waals surface area contributed by atoms with E-state index in [2.05, 4.69) is 16.4 Å². The fourth-order valence-electron chi connectivity index (χ4n) is 2.31. The number of aromatic nitrogens is 1. The molecule has 0 saturated heterocycles. The average molecular weight is 341 g/mol. The van der Waals surface area contributed by atoms with Gasteiger partial charge in [-0.15, -0.1) is 11.3 Å². The van der Waals surface area contributed by atoms with Gasteiger partial charge in [0.25, 0.3) is 11.8 Å². The molecule has 2 amide bonds. The number of furan rings is 1. The number of hydrogen-bond acceptors (Lipinski definition) is 5. The molecule has 0 aliphatic heterocycles. The minimum atomic E-state index is -0.722. The summed E-state index contributed by atoms with van der Waals surface area (Å²) in [7, 11) is 0. The Hall–Kier alpha value is -2.93. The van der Waals surface area contributed by atoms with Crippen LogP contribution in [0.5, 0.6) is 0 Å². The number of anilines is 1. The highest BCUT2D eigenvalue weighted by molar-refractivity contribution is 7.14. The molecule has 3 aromatic rings. The van der Waals surface area contributed by atoms with E-state index in [0.717, 1.165) is 16.8 Å². The van der Waals surface area contributed by atoms with Crippen molar-refractivity contribution in [3.63, 3.8) is 0 Å². The number of hydrogen-bond donors (Lipinski definition) is 2. The van der Waals surface area contributed by atoms with Crippen molar-refractivity contribution in [1.82, 2.24) is 4.98 Å². The van der Waals surface area contributed by atoms with Crippen LogP contribution in [0.25, 0.3) is 11.3 Å². The molecule has 2 heterocycles. The molecule has 0 spiro atoms. The zero-order valence-electron chi connectivity index (χ0n) is 13.1. The van der Waals surface area contributed by atoms with Gasteiger partial charge in [0.15, 0.2) is 16.7 Å². The Labute approximate surface area is 142 Å². The van der Waals surface area contributed by atoms with Gasteiger partial charge in [-0.05, 0) is 31.5 Å². The normalized spacial score (nSPS) is 10.6. The number of rotatable bonds is 4. The first-order valence-corrected chi connectivity index (χ1v) is 8.06. The van der Waals surface area contributed by atoms with E-state index in [0.29, 0.717) is 5.13 Å². The van der Waals surface area contributed by atoms with E-state index in [-0.39, 0.29) is 11.5 Å². The molecule has 6 nitrogen and oxygen atoms in total. The predicted molar refractivity (Wildman–Crippen MR) is 92.2 cm³/mol. The van der Waals surface area contributed by atoms with Crippen LogP contribution >= 0.6 is 11.3 Å². The van der Waals surface area contributed by atoms with Gasteiger partial charge in [0.05, 0.1) is 5.69 Å². The largest absolute Gasteiger partial charge is 0.446 e. The van der Waals surface area contributed by atoms with Crippen molar-refractivity contribution in [1.29, 1.82) is 0 Å². The second-order valence-electron chi connectivity index (χ2n) is 5.34. The minimum Gasteiger partial charge on any atom is -0.446 e. The van der Waals surface area contributed by atoms with Gasteiger partial charge in [-0.25, -0.2) is 4.98 Å². The van der Waals surface area contributed by atoms with Crippen LogP contribution in [0.4, 0.5) is 5.13 Å². The van der Waals surface area contributed by atoms with Crippen LogP contribution in [0.3, 0.4) is 0 Å². The lowest BCUT2D eigenvalue weighted by Crippen LogP contribution is -2.12. The number of primary amides is 1. The zero-order valence-corrected chi connectivity index (χ0v) is 13.9. The van der Waals surface area contributed by atoms with Gasteiger partial charge in [-0.2, -0.15) is 0 Å². The average Bonchev–Trinajstić information content (AvgIpc) is 3.16. The van der Waals surface area contributed by atoms with Gasteiger partial charge in [0.2, 0.25) is 0 Å². The Morgan fingerprint density at radius 1 is 1.17 bits per heavy atom. The van der Waals surface area contributed by atoms with E-state index >= 15 is 0 Å². The van der Waals surface area contributed by atoms with Crippen LogP contribution in [0, 0.1) is 13.8 Å². The Morgan fingerprint density at radius 3 is 2.58 bits per heavy atom. The summed E-state index contributed by atoms with van der Waals surface area (Å²) in [5.41, 5.74) is 9.22. The third-order valence-corrected chi connectivity index (χ3v) is 4.21. The van der Waals surface area contributed by atoms with Gasteiger partial charge in [0.1, 0.15) is 0 Å². The summed E-state index contributed by atoms with van der Waals surface area (Å²) in [6.07, 6.45) is 0. The van der Waals surface area contributed by atoms with E-state index in [1.54, 1.807) is 0 Å². The summed E-state index contributed by atoms with van der Waals surface area (Å²) in [6.45, 7) is 4.06. The fraction of sp³-hybridized carbons (Fsp3) is 0.118. The lowest BCUT2D eigenvalue weighted by molar-refractivity contribution is 0.0960. The van der Waals surface area contributed by atoms with Gasteiger partial charge in [0, 0.05) is 10.9 Å². The van der Waals surface area contributed by atoms with Crippen molar-refractivity contribution in [3.8, 4) is 11.3 Å². The van der Waals surface area contributed by atoms with Gasteiger partial charge >= 0.3 is 0 Å². The molecule has 0 fully saturated rings. The summed E-state index contributed by atoms with van der Waals surface area (Å²) in [5.74, 6) is -1.26. The standard InChI is InChI=1S/C17H15N3O3S/c1-9-3-4-11(10(2)7-9)12-8-24-17(19-12)20-16(22)14-6-5-13(23-14)15(18)21/h3-8H,1-2H3,(H2,18,21)(H,19,20,22). The highest BCUT2D eigenvalue weighted by atomic mass is 32.1. The monoisotopic (exact) mass is 341 g/mol. The van der Waals surface area contributed by atoms with Crippen LogP contribution in [-0.2, 0) is 0 Å². The van der Waals surface area contributed by atoms with Crippen LogP contribution in [0.2, 0.25) is 0 Å². The molecule has 122 valence electrons. The van der Waals surface area contributed by atoms with Crippen LogP contribution in [0.1, 0.15) is 32.2 Å². The van der Waals surface area contributed by atoms with Gasteiger partial charge in [-0.3, -0.25) is 14.9 Å². The molecule has 1 aromatic carbocycles. The van der Waals surface area contributed by atoms with Crippen molar-refractivity contribution in [2.75, 3.05) is 5.32 Å². The lowest BCUT2D eigenvalue weighted by Gasteiger charge is -2.03. The molecule has 3 rings (SSSR count). The van der Waals surface area contributed by atoms with Gasteiger partial charge < -0.3 is 10.2 Å². The summed E-state index contributed by atoms with van der Waals surface area (Å²) in [6, 6.07) is 8.88. The van der Waals surface area contributed by atoms with E-state index in [4.69, 9.17) is 10.2 Å². The Morgan fingerprint density at radius 2 is 1.92 bits per heavy atom. The summed E-state index contributed by atoms with van der Waals surface area (Å²) >= 11 is 1.32. The Balaban J connectivity index is 1.78. The first-order valence-electron chi connectivity index (χ1n) is 7.18. The number of nitrogens with one attached hydrogen (secondary N) is 1. The zero-order chi connectivity index (χ0) is 17.3. The van der Waals surface area contributed by atoms with Crippen molar-refractivity contribution >= 4 is 28.3 Å². The second-order valence-corrected chi connectivity index (χ2v) is 6.20. The molecule has 24 heavy (non-hydrogen) atoms. The molecule has 0 radical (unpaired) electrons. The number of benzene rings is 1. The van der Waals surface area contributed by atoms with Crippen molar-refractivity contribution < 1.29 is 14.0 Å². The predicted octanol–water partition coefficient (Wildman–Crippen LogP) is 3.37. The van der Waals surface area contributed by atoms with Crippen molar-refractivity contribution in [2.24, 2.45) is 5.73 Å². The Kier molecular flexibility index (Phi) is 4.18. The number of nitrogens with two attached hydrogens (primary N) is 1. The van der Waals surface area contributed by atoms with E-state index < -0.39 is 11.8 Å². The topological polar surface area (TPSA) is 98.2 Å². The number of aryl methyl sites for hydroxylation is 2. The van der Waals surface area contributed by atoms with Crippen LogP contribution < -0.4 is 11.1 Å². The molecule has 0 unspecified atom stereocenters. The lowest BCUT2D eigenvalue weighted by atomic mass is 10.0. The number of amides is 2. The summed E-state index contributed by atoms with van der Waals surface area (Å²) in [4.78, 5) is 27.5. The van der Waals surface area contributed by atoms with Crippen LogP contribution in [0.15, 0.2) is 40.1 Å². The molecular formula is C17H15N3O3S. The molecule has 0 atom stereocenters.